The molecule has 3 heteroatoms. The summed E-state index contributed by atoms with van der Waals surface area (Å²) >= 11 is 1.50. The van der Waals surface area contributed by atoms with Crippen molar-refractivity contribution < 1.29 is 9.90 Å². The number of carboxylic acid groups (broad SMARTS) is 1. The normalized spacial score (nSPS) is 9.50. The molecule has 0 aromatic heterocycles. The second-order valence-electron chi connectivity index (χ2n) is 4.56. The Labute approximate surface area is 137 Å². The quantitative estimate of drug-likeness (QED) is 0.330. The molecule has 0 aliphatic carbocycles. The van der Waals surface area contributed by atoms with Gasteiger partial charge >= 0.3 is 109 Å². The Kier molecular flexibility index (Phi) is 22.9. The van der Waals surface area contributed by atoms with Gasteiger partial charge in [-0.3, -0.25) is 0 Å². The van der Waals surface area contributed by atoms with Crippen molar-refractivity contribution in [2.75, 3.05) is 0 Å². The average molecular weight is 280 g/mol. The maximum absolute atomic E-state index is 9.14. The SMILES string of the molecule is C=CC(=O)[O-].CCCCCCCCCCC[CH2][Ca+]. The van der Waals surface area contributed by atoms with Gasteiger partial charge in [-0.05, 0) is 6.08 Å². The summed E-state index contributed by atoms with van der Waals surface area (Å²) in [6.07, 6.45) is 15.4. The molecule has 0 aromatic carbocycles. The van der Waals surface area contributed by atoms with Crippen LogP contribution in [0.15, 0.2) is 12.7 Å². The molecular weight excluding hydrogens is 252 g/mol. The van der Waals surface area contributed by atoms with Crippen molar-refractivity contribution in [3.05, 3.63) is 12.7 Å². The first-order valence-electron chi connectivity index (χ1n) is 7.31. The fourth-order valence-corrected chi connectivity index (χ4v) is 2.22. The molecule has 0 unspecified atom stereocenters. The Hall–Kier alpha value is 0.470. The molecule has 0 heterocycles. The molecule has 0 fully saturated rings. The monoisotopic (exact) mass is 280 g/mol. The molecule has 0 aliphatic rings. The van der Waals surface area contributed by atoms with Crippen LogP contribution in [0.4, 0.5) is 0 Å². The number of carboxylic acids is 1. The van der Waals surface area contributed by atoms with Crippen LogP contribution >= 0.6 is 0 Å². The molecule has 0 saturated heterocycles. The summed E-state index contributed by atoms with van der Waals surface area (Å²) in [4.78, 5) is 9.14. The van der Waals surface area contributed by atoms with Crippen LogP contribution in [0.3, 0.4) is 0 Å². The average Bonchev–Trinajstić information content (AvgIpc) is 2.37. The van der Waals surface area contributed by atoms with Gasteiger partial charge < -0.3 is 9.90 Å². The molecule has 2 nitrogen and oxygen atoms in total. The van der Waals surface area contributed by atoms with Crippen LogP contribution in [0.2, 0.25) is 2.52 Å². The summed E-state index contributed by atoms with van der Waals surface area (Å²) in [7, 11) is 0. The van der Waals surface area contributed by atoms with E-state index in [0.717, 1.165) is 6.08 Å². The number of carbonyl (C=O) groups is 1. The van der Waals surface area contributed by atoms with Gasteiger partial charge in [0, 0.05) is 0 Å². The third-order valence-corrected chi connectivity index (χ3v) is 3.55. The molecule has 18 heavy (non-hydrogen) atoms. The van der Waals surface area contributed by atoms with Crippen LogP contribution < -0.4 is 5.11 Å². The van der Waals surface area contributed by atoms with E-state index in [1.54, 1.807) is 0 Å². The van der Waals surface area contributed by atoms with Crippen LogP contribution in [0.5, 0.6) is 0 Å². The Morgan fingerprint density at radius 2 is 1.33 bits per heavy atom. The fourth-order valence-electron chi connectivity index (χ4n) is 1.66. The van der Waals surface area contributed by atoms with E-state index in [2.05, 4.69) is 13.5 Å². The summed E-state index contributed by atoms with van der Waals surface area (Å²) in [6.45, 7) is 5.18. The molecule has 0 aromatic rings. The summed E-state index contributed by atoms with van der Waals surface area (Å²) in [5, 5.41) is 9.14. The molecule has 0 aliphatic heterocycles. The Morgan fingerprint density at radius 3 is 1.61 bits per heavy atom. The van der Waals surface area contributed by atoms with Crippen LogP contribution in [0, 0.1) is 0 Å². The maximum atomic E-state index is 9.14. The van der Waals surface area contributed by atoms with E-state index in [0.29, 0.717) is 0 Å². The third-order valence-electron chi connectivity index (χ3n) is 2.77. The van der Waals surface area contributed by atoms with Gasteiger partial charge in [-0.1, -0.05) is 6.58 Å². The minimum atomic E-state index is -1.23. The topological polar surface area (TPSA) is 40.1 Å². The predicted molar refractivity (Wildman–Crippen MR) is 77.6 cm³/mol. The Morgan fingerprint density at radius 1 is 1.00 bits per heavy atom. The second kappa shape index (κ2) is 19.8. The summed E-state index contributed by atoms with van der Waals surface area (Å²) < 4.78 is 1.50. The van der Waals surface area contributed by atoms with Gasteiger partial charge in [0.05, 0.1) is 5.97 Å². The van der Waals surface area contributed by atoms with Crippen molar-refractivity contribution in [2.45, 2.75) is 73.6 Å². The summed E-state index contributed by atoms with van der Waals surface area (Å²) in [5.41, 5.74) is 0. The van der Waals surface area contributed by atoms with Gasteiger partial charge in [0.15, 0.2) is 0 Å². The van der Waals surface area contributed by atoms with Gasteiger partial charge in [0.1, 0.15) is 0 Å². The summed E-state index contributed by atoms with van der Waals surface area (Å²) in [6, 6.07) is 0. The van der Waals surface area contributed by atoms with Gasteiger partial charge in [-0.2, -0.15) is 0 Å². The molecule has 0 spiro atoms. The van der Waals surface area contributed by atoms with Gasteiger partial charge in [0.2, 0.25) is 0 Å². The van der Waals surface area contributed by atoms with E-state index in [1.165, 1.54) is 103 Å². The zero-order valence-corrected chi connectivity index (χ0v) is 14.3. The van der Waals surface area contributed by atoms with Crippen molar-refractivity contribution >= 4 is 41.8 Å². The van der Waals surface area contributed by atoms with Crippen LogP contribution in [0.25, 0.3) is 0 Å². The Balaban J connectivity index is 0. The second-order valence-corrected chi connectivity index (χ2v) is 5.66. The standard InChI is InChI=1S/C12H25.C3H4O2.Ca/c1-3-5-7-9-11-12-10-8-6-4-2;1-2-3(4)5;/h1,3-12H2,2H3;2H,1H2,(H,4,5);/q;;+1/p-1. The van der Waals surface area contributed by atoms with E-state index in [4.69, 9.17) is 9.90 Å². The van der Waals surface area contributed by atoms with Crippen LogP contribution in [0.1, 0.15) is 71.1 Å². The van der Waals surface area contributed by atoms with Gasteiger partial charge in [-0.25, -0.2) is 0 Å². The van der Waals surface area contributed by atoms with E-state index in [9.17, 15) is 0 Å². The molecule has 0 bridgehead atoms. The predicted octanol–water partition coefficient (Wildman–Crippen LogP) is 3.42. The zero-order chi connectivity index (χ0) is 14.1. The Bertz CT molecular complexity index is 171. The van der Waals surface area contributed by atoms with E-state index < -0.39 is 5.97 Å². The number of hydrogen-bond acceptors (Lipinski definition) is 2. The van der Waals surface area contributed by atoms with E-state index in [1.807, 2.05) is 0 Å². The van der Waals surface area contributed by atoms with Crippen molar-refractivity contribution in [1.82, 2.24) is 0 Å². The van der Waals surface area contributed by atoms with Gasteiger partial charge in [0.25, 0.3) is 0 Å². The molecule has 0 rings (SSSR count). The van der Waals surface area contributed by atoms with Crippen LogP contribution in [-0.4, -0.2) is 41.8 Å². The van der Waals surface area contributed by atoms with Crippen molar-refractivity contribution in [2.24, 2.45) is 0 Å². The number of unbranched alkanes of at least 4 members (excludes halogenated alkanes) is 9. The molecule has 102 valence electrons. The molecule has 0 N–H and O–H groups in total. The third kappa shape index (κ3) is 25.3. The number of carbonyl (C=O) groups excluding carboxylic acids is 1. The summed E-state index contributed by atoms with van der Waals surface area (Å²) in [5.74, 6) is -1.23. The van der Waals surface area contributed by atoms with Crippen LogP contribution in [-0.2, 0) is 4.79 Å². The molecule has 0 amide bonds. The van der Waals surface area contributed by atoms with Crippen molar-refractivity contribution in [3.63, 3.8) is 0 Å². The molecule has 0 radical (unpaired) electrons. The van der Waals surface area contributed by atoms with Crippen molar-refractivity contribution in [3.8, 4) is 0 Å². The fraction of sp³-hybridized carbons (Fsp3) is 0.800. The first-order chi connectivity index (χ1) is 8.68. The molecule has 0 saturated carbocycles. The molecule has 0 atom stereocenters. The number of rotatable bonds is 11. The zero-order valence-electron chi connectivity index (χ0n) is 12.1. The van der Waals surface area contributed by atoms with Gasteiger partial charge in [-0.15, -0.1) is 0 Å². The van der Waals surface area contributed by atoms with E-state index >= 15 is 0 Å². The van der Waals surface area contributed by atoms with Crippen molar-refractivity contribution in [1.29, 1.82) is 0 Å². The first-order valence-corrected chi connectivity index (χ1v) is 8.87. The first kappa shape index (κ1) is 20.8. The molecular formula is C15H28CaO2. The number of aliphatic carboxylic acids is 1. The van der Waals surface area contributed by atoms with E-state index in [-0.39, 0.29) is 0 Å². The number of hydrogen-bond donors (Lipinski definition) is 0. The minimum absolute atomic E-state index is 0.722.